The van der Waals surface area contributed by atoms with Crippen LogP contribution in [0.2, 0.25) is 0 Å². The van der Waals surface area contributed by atoms with Crippen LogP contribution in [0.1, 0.15) is 39.0 Å². The van der Waals surface area contributed by atoms with Gasteiger partial charge in [-0.2, -0.15) is 0 Å². The van der Waals surface area contributed by atoms with Gasteiger partial charge in [-0.15, -0.1) is 0 Å². The van der Waals surface area contributed by atoms with Crippen molar-refractivity contribution in [2.45, 2.75) is 33.2 Å². The van der Waals surface area contributed by atoms with E-state index >= 15 is 0 Å². The zero-order chi connectivity index (χ0) is 12.8. The Bertz CT molecular complexity index is 333. The molecule has 0 aliphatic heterocycles. The Hall–Kier alpha value is -1.29. The summed E-state index contributed by atoms with van der Waals surface area (Å²) in [6.07, 6.45) is 2.42. The fourth-order valence-electron chi connectivity index (χ4n) is 1.82. The molecule has 0 spiro atoms. The first-order chi connectivity index (χ1) is 8.04. The zero-order valence-corrected chi connectivity index (χ0v) is 10.8. The second-order valence-corrected chi connectivity index (χ2v) is 4.81. The average molecular weight is 238 g/mol. The van der Waals surface area contributed by atoms with E-state index < -0.39 is 0 Å². The first kappa shape index (κ1) is 13.8. The van der Waals surface area contributed by atoms with Crippen molar-refractivity contribution in [2.24, 2.45) is 17.6 Å². The van der Waals surface area contributed by atoms with E-state index in [2.05, 4.69) is 19.2 Å². The van der Waals surface area contributed by atoms with Crippen LogP contribution in [-0.4, -0.2) is 12.5 Å². The maximum Gasteiger partial charge on any atom is 0.224 e. The number of furan rings is 1. The minimum Gasteiger partial charge on any atom is -0.467 e. The summed E-state index contributed by atoms with van der Waals surface area (Å²) in [6, 6.07) is 3.55. The van der Waals surface area contributed by atoms with Crippen LogP contribution in [0, 0.1) is 11.8 Å². The van der Waals surface area contributed by atoms with Crippen molar-refractivity contribution in [3.63, 3.8) is 0 Å². The molecule has 0 saturated carbocycles. The average Bonchev–Trinajstić information content (AvgIpc) is 2.78. The minimum atomic E-state index is -0.118. The second kappa shape index (κ2) is 6.45. The number of carbonyl (C=O) groups is 1. The molecule has 0 fully saturated rings. The zero-order valence-electron chi connectivity index (χ0n) is 10.8. The van der Waals surface area contributed by atoms with Crippen LogP contribution in [0.25, 0.3) is 0 Å². The summed E-state index contributed by atoms with van der Waals surface area (Å²) in [5.74, 6) is 1.12. The second-order valence-electron chi connectivity index (χ2n) is 4.81. The Balaban J connectivity index is 2.52. The van der Waals surface area contributed by atoms with Gasteiger partial charge in [-0.3, -0.25) is 4.79 Å². The molecule has 17 heavy (non-hydrogen) atoms. The quantitative estimate of drug-likeness (QED) is 0.797. The van der Waals surface area contributed by atoms with Gasteiger partial charge in [0.2, 0.25) is 5.91 Å². The van der Waals surface area contributed by atoms with Crippen LogP contribution in [0.4, 0.5) is 0 Å². The number of nitrogens with one attached hydrogen (secondary N) is 1. The largest absolute Gasteiger partial charge is 0.467 e. The number of nitrogens with two attached hydrogens (primary N) is 1. The third-order valence-electron chi connectivity index (χ3n) is 2.74. The number of hydrogen-bond donors (Lipinski definition) is 2. The van der Waals surface area contributed by atoms with Crippen molar-refractivity contribution >= 4 is 5.91 Å². The highest BCUT2D eigenvalue weighted by Gasteiger charge is 2.20. The molecule has 1 aromatic rings. The number of amides is 1. The smallest absolute Gasteiger partial charge is 0.224 e. The topological polar surface area (TPSA) is 68.3 Å². The predicted molar refractivity (Wildman–Crippen MR) is 67.3 cm³/mol. The molecule has 96 valence electrons. The fourth-order valence-corrected chi connectivity index (χ4v) is 1.82. The van der Waals surface area contributed by atoms with Crippen molar-refractivity contribution in [3.8, 4) is 0 Å². The number of rotatable bonds is 6. The van der Waals surface area contributed by atoms with Crippen molar-refractivity contribution in [3.05, 3.63) is 24.2 Å². The van der Waals surface area contributed by atoms with Gasteiger partial charge >= 0.3 is 0 Å². The van der Waals surface area contributed by atoms with Gasteiger partial charge < -0.3 is 15.5 Å². The molecule has 1 rings (SSSR count). The van der Waals surface area contributed by atoms with E-state index in [1.165, 1.54) is 0 Å². The molecule has 1 unspecified atom stereocenters. The molecule has 4 heteroatoms. The SMILES string of the molecule is CC(C)CC(CN)C(=O)N[C@@H](C)c1ccco1. The third kappa shape index (κ3) is 4.23. The third-order valence-corrected chi connectivity index (χ3v) is 2.74. The molecule has 3 N–H and O–H groups in total. The highest BCUT2D eigenvalue weighted by molar-refractivity contribution is 5.79. The molecule has 0 aromatic carbocycles. The lowest BCUT2D eigenvalue weighted by Crippen LogP contribution is -2.37. The van der Waals surface area contributed by atoms with E-state index in [4.69, 9.17) is 10.2 Å². The maximum atomic E-state index is 12.0. The van der Waals surface area contributed by atoms with Crippen molar-refractivity contribution in [2.75, 3.05) is 6.54 Å². The molecule has 1 heterocycles. The van der Waals surface area contributed by atoms with E-state index in [0.29, 0.717) is 12.5 Å². The molecule has 4 nitrogen and oxygen atoms in total. The highest BCUT2D eigenvalue weighted by atomic mass is 16.3. The fraction of sp³-hybridized carbons (Fsp3) is 0.615. The van der Waals surface area contributed by atoms with E-state index in [1.807, 2.05) is 19.1 Å². The van der Waals surface area contributed by atoms with Crippen molar-refractivity contribution < 1.29 is 9.21 Å². The van der Waals surface area contributed by atoms with Gasteiger partial charge in [0.25, 0.3) is 0 Å². The van der Waals surface area contributed by atoms with Gasteiger partial charge in [0.15, 0.2) is 0 Å². The normalized spacial score (nSPS) is 14.6. The summed E-state index contributed by atoms with van der Waals surface area (Å²) in [5, 5.41) is 2.93. The van der Waals surface area contributed by atoms with E-state index in [9.17, 15) is 4.79 Å². The maximum absolute atomic E-state index is 12.0. The van der Waals surface area contributed by atoms with Crippen LogP contribution in [0.5, 0.6) is 0 Å². The van der Waals surface area contributed by atoms with Gasteiger partial charge in [-0.1, -0.05) is 13.8 Å². The molecule has 0 saturated heterocycles. The lowest BCUT2D eigenvalue weighted by Gasteiger charge is -2.19. The molecular weight excluding hydrogens is 216 g/mol. The summed E-state index contributed by atoms with van der Waals surface area (Å²) >= 11 is 0. The molecular formula is C13H22N2O2. The predicted octanol–water partition coefficient (Wildman–Crippen LogP) is 2.08. The Morgan fingerprint density at radius 1 is 1.47 bits per heavy atom. The Kier molecular flexibility index (Phi) is 5.22. The van der Waals surface area contributed by atoms with Crippen LogP contribution in [0.3, 0.4) is 0 Å². The van der Waals surface area contributed by atoms with Crippen LogP contribution >= 0.6 is 0 Å². The molecule has 2 atom stereocenters. The van der Waals surface area contributed by atoms with Crippen molar-refractivity contribution in [1.82, 2.24) is 5.32 Å². The first-order valence-corrected chi connectivity index (χ1v) is 6.08. The van der Waals surface area contributed by atoms with Crippen LogP contribution < -0.4 is 11.1 Å². The summed E-state index contributed by atoms with van der Waals surface area (Å²) in [4.78, 5) is 12.0. The van der Waals surface area contributed by atoms with Gasteiger partial charge in [0.05, 0.1) is 18.2 Å². The molecule has 0 aliphatic rings. The van der Waals surface area contributed by atoms with E-state index in [-0.39, 0.29) is 17.9 Å². The van der Waals surface area contributed by atoms with E-state index in [0.717, 1.165) is 12.2 Å². The Morgan fingerprint density at radius 2 is 2.18 bits per heavy atom. The van der Waals surface area contributed by atoms with Gasteiger partial charge in [-0.05, 0) is 31.4 Å². The van der Waals surface area contributed by atoms with E-state index in [1.54, 1.807) is 6.26 Å². The Morgan fingerprint density at radius 3 is 2.65 bits per heavy atom. The monoisotopic (exact) mass is 238 g/mol. The lowest BCUT2D eigenvalue weighted by atomic mass is 9.96. The van der Waals surface area contributed by atoms with Gasteiger partial charge in [-0.25, -0.2) is 0 Å². The molecule has 1 aromatic heterocycles. The summed E-state index contributed by atoms with van der Waals surface area (Å²) in [6.45, 7) is 6.46. The highest BCUT2D eigenvalue weighted by Crippen LogP contribution is 2.15. The molecule has 0 bridgehead atoms. The summed E-state index contributed by atoms with van der Waals surface area (Å²) in [5.41, 5.74) is 5.63. The number of carbonyl (C=O) groups excluding carboxylic acids is 1. The summed E-state index contributed by atoms with van der Waals surface area (Å²) in [7, 11) is 0. The van der Waals surface area contributed by atoms with Crippen LogP contribution in [-0.2, 0) is 4.79 Å². The van der Waals surface area contributed by atoms with Gasteiger partial charge in [0.1, 0.15) is 5.76 Å². The van der Waals surface area contributed by atoms with Gasteiger partial charge in [0, 0.05) is 6.54 Å². The first-order valence-electron chi connectivity index (χ1n) is 6.08. The molecule has 0 aliphatic carbocycles. The van der Waals surface area contributed by atoms with Crippen LogP contribution in [0.15, 0.2) is 22.8 Å². The molecule has 0 radical (unpaired) electrons. The minimum absolute atomic E-state index is 0.00472. The number of hydrogen-bond acceptors (Lipinski definition) is 3. The Labute approximate surface area is 103 Å². The standard InChI is InChI=1S/C13H22N2O2/c1-9(2)7-11(8-14)13(16)15-10(3)12-5-4-6-17-12/h4-6,9-11H,7-8,14H2,1-3H3,(H,15,16)/t10-,11?/m0/s1. The lowest BCUT2D eigenvalue weighted by molar-refractivity contribution is -0.126. The summed E-state index contributed by atoms with van der Waals surface area (Å²) < 4.78 is 5.24. The molecule has 1 amide bonds. The van der Waals surface area contributed by atoms with Crippen molar-refractivity contribution in [1.29, 1.82) is 0 Å².